The number of hydrogen-bond acceptors (Lipinski definition) is 2. The van der Waals surface area contributed by atoms with Crippen LogP contribution in [-0.2, 0) is 17.6 Å². The van der Waals surface area contributed by atoms with Crippen LogP contribution >= 0.6 is 0 Å². The Balaban J connectivity index is 1.52. The summed E-state index contributed by atoms with van der Waals surface area (Å²) in [7, 11) is 0. The van der Waals surface area contributed by atoms with Gasteiger partial charge in [-0.25, -0.2) is 0 Å². The van der Waals surface area contributed by atoms with Gasteiger partial charge in [-0.15, -0.1) is 0 Å². The maximum atomic E-state index is 11.4. The standard InChI is InChI=1S/C27H22O3/c28-27(29)20-13-12-18-14-15-22(17-21(18)16-20)30-26-11-4-3-9-25(26)24-10-5-7-19-6-1-2-8-23(19)24/h1-11,14-15,17,20H,12-13,16H2,(H,28,29). The third kappa shape index (κ3) is 3.43. The maximum absolute atomic E-state index is 11.4. The van der Waals surface area contributed by atoms with E-state index in [1.54, 1.807) is 0 Å². The predicted molar refractivity (Wildman–Crippen MR) is 119 cm³/mol. The van der Waals surface area contributed by atoms with Crippen LogP contribution in [0.4, 0.5) is 0 Å². The SMILES string of the molecule is O=C(O)C1CCc2ccc(Oc3ccccc3-c3cccc4ccccc34)cc2C1. The molecule has 1 aliphatic rings. The van der Waals surface area contributed by atoms with Crippen molar-refractivity contribution in [3.8, 4) is 22.6 Å². The molecule has 0 aliphatic heterocycles. The third-order valence-corrected chi connectivity index (χ3v) is 5.95. The number of aliphatic carboxylic acids is 1. The number of aryl methyl sites for hydroxylation is 1. The van der Waals surface area contributed by atoms with Gasteiger partial charge in [0.15, 0.2) is 0 Å². The fourth-order valence-corrected chi connectivity index (χ4v) is 4.37. The van der Waals surface area contributed by atoms with Crippen LogP contribution < -0.4 is 4.74 Å². The van der Waals surface area contributed by atoms with E-state index in [1.807, 2.05) is 36.4 Å². The average Bonchev–Trinajstić information content (AvgIpc) is 2.78. The number of carbonyl (C=O) groups is 1. The molecule has 0 fully saturated rings. The lowest BCUT2D eigenvalue weighted by Crippen LogP contribution is -2.22. The van der Waals surface area contributed by atoms with Gasteiger partial charge in [-0.3, -0.25) is 4.79 Å². The molecule has 0 aromatic heterocycles. The van der Waals surface area contributed by atoms with Crippen molar-refractivity contribution >= 4 is 16.7 Å². The van der Waals surface area contributed by atoms with Gasteiger partial charge in [-0.05, 0) is 64.9 Å². The zero-order chi connectivity index (χ0) is 20.5. The molecule has 4 aromatic rings. The van der Waals surface area contributed by atoms with Gasteiger partial charge in [0.2, 0.25) is 0 Å². The molecule has 0 bridgehead atoms. The van der Waals surface area contributed by atoms with E-state index >= 15 is 0 Å². The molecule has 3 heteroatoms. The fraction of sp³-hybridized carbons (Fsp3) is 0.148. The molecule has 0 saturated heterocycles. The Kier molecular flexibility index (Phi) is 4.72. The molecule has 0 spiro atoms. The average molecular weight is 394 g/mol. The summed E-state index contributed by atoms with van der Waals surface area (Å²) in [5.41, 5.74) is 4.47. The lowest BCUT2D eigenvalue weighted by molar-refractivity contribution is -0.142. The summed E-state index contributed by atoms with van der Waals surface area (Å²) in [5, 5.41) is 11.8. The second-order valence-electron chi connectivity index (χ2n) is 7.83. The van der Waals surface area contributed by atoms with Gasteiger partial charge in [0.05, 0.1) is 5.92 Å². The topological polar surface area (TPSA) is 46.5 Å². The molecule has 148 valence electrons. The molecule has 0 saturated carbocycles. The minimum Gasteiger partial charge on any atom is -0.481 e. The first-order chi connectivity index (χ1) is 14.7. The first kappa shape index (κ1) is 18.4. The first-order valence-electron chi connectivity index (χ1n) is 10.3. The Bertz CT molecular complexity index is 1240. The van der Waals surface area contributed by atoms with Gasteiger partial charge in [-0.1, -0.05) is 66.7 Å². The Labute approximate surface area is 175 Å². The highest BCUT2D eigenvalue weighted by atomic mass is 16.5. The largest absolute Gasteiger partial charge is 0.481 e. The number of rotatable bonds is 4. The van der Waals surface area contributed by atoms with Crippen LogP contribution in [0, 0.1) is 5.92 Å². The van der Waals surface area contributed by atoms with Crippen molar-refractivity contribution in [3.63, 3.8) is 0 Å². The van der Waals surface area contributed by atoms with Crippen LogP contribution in [0.25, 0.3) is 21.9 Å². The number of carboxylic acids is 1. The molecule has 0 amide bonds. The van der Waals surface area contributed by atoms with Crippen molar-refractivity contribution in [2.75, 3.05) is 0 Å². The summed E-state index contributed by atoms with van der Waals surface area (Å²) in [5.74, 6) is 0.510. The smallest absolute Gasteiger partial charge is 0.306 e. The van der Waals surface area contributed by atoms with Crippen LogP contribution in [-0.4, -0.2) is 11.1 Å². The lowest BCUT2D eigenvalue weighted by Gasteiger charge is -2.22. The number of para-hydroxylation sites is 1. The van der Waals surface area contributed by atoms with E-state index in [-0.39, 0.29) is 5.92 Å². The molecule has 0 heterocycles. The second kappa shape index (κ2) is 7.68. The monoisotopic (exact) mass is 394 g/mol. The first-order valence-corrected chi connectivity index (χ1v) is 10.3. The van der Waals surface area contributed by atoms with Gasteiger partial charge in [0, 0.05) is 5.56 Å². The molecule has 1 unspecified atom stereocenters. The fourth-order valence-electron chi connectivity index (χ4n) is 4.37. The Hall–Kier alpha value is -3.59. The van der Waals surface area contributed by atoms with E-state index in [2.05, 4.69) is 48.5 Å². The highest BCUT2D eigenvalue weighted by Crippen LogP contribution is 2.38. The van der Waals surface area contributed by atoms with E-state index in [9.17, 15) is 9.90 Å². The third-order valence-electron chi connectivity index (χ3n) is 5.95. The van der Waals surface area contributed by atoms with Crippen molar-refractivity contribution in [1.29, 1.82) is 0 Å². The summed E-state index contributed by atoms with van der Waals surface area (Å²) in [6.07, 6.45) is 2.07. The maximum Gasteiger partial charge on any atom is 0.306 e. The minimum atomic E-state index is -0.715. The van der Waals surface area contributed by atoms with Gasteiger partial charge in [0.25, 0.3) is 0 Å². The number of carboxylic acid groups (broad SMARTS) is 1. The van der Waals surface area contributed by atoms with E-state index < -0.39 is 5.97 Å². The number of fused-ring (bicyclic) bond motifs is 2. The summed E-state index contributed by atoms with van der Waals surface area (Å²) >= 11 is 0. The molecular weight excluding hydrogens is 372 g/mol. The van der Waals surface area contributed by atoms with Crippen molar-refractivity contribution in [2.24, 2.45) is 5.92 Å². The highest BCUT2D eigenvalue weighted by molar-refractivity contribution is 5.98. The molecule has 4 aromatic carbocycles. The van der Waals surface area contributed by atoms with Crippen molar-refractivity contribution in [3.05, 3.63) is 96.1 Å². The van der Waals surface area contributed by atoms with Gasteiger partial charge < -0.3 is 9.84 Å². The van der Waals surface area contributed by atoms with Gasteiger partial charge in [0.1, 0.15) is 11.5 Å². The van der Waals surface area contributed by atoms with Crippen LogP contribution in [0.15, 0.2) is 84.9 Å². The molecule has 1 atom stereocenters. The summed E-state index contributed by atoms with van der Waals surface area (Å²) in [4.78, 5) is 11.4. The van der Waals surface area contributed by atoms with E-state index in [4.69, 9.17) is 4.74 Å². The van der Waals surface area contributed by atoms with Crippen molar-refractivity contribution in [2.45, 2.75) is 19.3 Å². The van der Waals surface area contributed by atoms with E-state index in [0.717, 1.165) is 34.6 Å². The van der Waals surface area contributed by atoms with Crippen LogP contribution in [0.5, 0.6) is 11.5 Å². The van der Waals surface area contributed by atoms with Crippen molar-refractivity contribution < 1.29 is 14.6 Å². The number of hydrogen-bond donors (Lipinski definition) is 1. The van der Waals surface area contributed by atoms with E-state index in [1.165, 1.54) is 16.3 Å². The second-order valence-corrected chi connectivity index (χ2v) is 7.83. The molecule has 1 aliphatic carbocycles. The molecular formula is C27H22O3. The minimum absolute atomic E-state index is 0.310. The summed E-state index contributed by atoms with van der Waals surface area (Å²) in [6, 6.07) is 28.8. The molecule has 30 heavy (non-hydrogen) atoms. The van der Waals surface area contributed by atoms with Gasteiger partial charge in [-0.2, -0.15) is 0 Å². The molecule has 3 nitrogen and oxygen atoms in total. The lowest BCUT2D eigenvalue weighted by atomic mass is 9.84. The van der Waals surface area contributed by atoms with Crippen LogP contribution in [0.3, 0.4) is 0 Å². The normalized spacial score (nSPS) is 15.5. The van der Waals surface area contributed by atoms with Crippen LogP contribution in [0.2, 0.25) is 0 Å². The Morgan fingerprint density at radius 1 is 0.833 bits per heavy atom. The Morgan fingerprint density at radius 2 is 1.60 bits per heavy atom. The van der Waals surface area contributed by atoms with E-state index in [0.29, 0.717) is 12.8 Å². The summed E-state index contributed by atoms with van der Waals surface area (Å²) in [6.45, 7) is 0. The number of benzene rings is 4. The van der Waals surface area contributed by atoms with Crippen molar-refractivity contribution in [1.82, 2.24) is 0 Å². The highest BCUT2D eigenvalue weighted by Gasteiger charge is 2.24. The van der Waals surface area contributed by atoms with Crippen LogP contribution in [0.1, 0.15) is 17.5 Å². The zero-order valence-corrected chi connectivity index (χ0v) is 16.5. The quantitative estimate of drug-likeness (QED) is 0.430. The summed E-state index contributed by atoms with van der Waals surface area (Å²) < 4.78 is 6.33. The zero-order valence-electron chi connectivity index (χ0n) is 16.5. The predicted octanol–water partition coefficient (Wildman–Crippen LogP) is 6.49. The molecule has 5 rings (SSSR count). The number of ether oxygens (including phenoxy) is 1. The Morgan fingerprint density at radius 3 is 2.50 bits per heavy atom. The van der Waals surface area contributed by atoms with Gasteiger partial charge >= 0.3 is 5.97 Å². The molecule has 0 radical (unpaired) electrons. The molecule has 1 N–H and O–H groups in total.